The Hall–Kier alpha value is -3.28. The number of aryl methyl sites for hydroxylation is 1. The molecule has 130 valence electrons. The molecule has 0 saturated carbocycles. The van der Waals surface area contributed by atoms with Gasteiger partial charge in [-0.2, -0.15) is 0 Å². The van der Waals surface area contributed by atoms with Gasteiger partial charge < -0.3 is 9.73 Å². The Bertz CT molecular complexity index is 1030. The molecule has 4 aromatic rings. The standard InChI is InChI=1S/C20H19N5O/c1-13(16-5-7-21-17-6-8-26-20(16)17)10-23-19-9-18(24-12-25-19)15-4-3-14(2)22-11-15/h3-9,11-13H,10H2,1-2H3,(H,23,24,25). The summed E-state index contributed by atoms with van der Waals surface area (Å²) < 4.78 is 5.59. The molecule has 0 spiro atoms. The zero-order valence-corrected chi connectivity index (χ0v) is 14.7. The Labute approximate surface area is 151 Å². The Kier molecular flexibility index (Phi) is 4.31. The summed E-state index contributed by atoms with van der Waals surface area (Å²) in [4.78, 5) is 17.3. The maximum Gasteiger partial charge on any atom is 0.155 e. The van der Waals surface area contributed by atoms with E-state index < -0.39 is 0 Å². The molecule has 6 nitrogen and oxygen atoms in total. The van der Waals surface area contributed by atoms with Crippen molar-refractivity contribution in [3.8, 4) is 11.3 Å². The second kappa shape index (κ2) is 6.92. The van der Waals surface area contributed by atoms with Crippen LogP contribution in [0.25, 0.3) is 22.4 Å². The van der Waals surface area contributed by atoms with E-state index >= 15 is 0 Å². The topological polar surface area (TPSA) is 76.7 Å². The van der Waals surface area contributed by atoms with Crippen molar-refractivity contribution in [2.45, 2.75) is 19.8 Å². The minimum absolute atomic E-state index is 0.242. The maximum absolute atomic E-state index is 5.59. The molecule has 0 saturated heterocycles. The van der Waals surface area contributed by atoms with E-state index in [1.807, 2.05) is 49.6 Å². The molecular formula is C20H19N5O. The third-order valence-corrected chi connectivity index (χ3v) is 4.37. The van der Waals surface area contributed by atoms with Crippen molar-refractivity contribution in [3.63, 3.8) is 0 Å². The van der Waals surface area contributed by atoms with Crippen molar-refractivity contribution in [2.75, 3.05) is 11.9 Å². The van der Waals surface area contributed by atoms with Crippen LogP contribution in [0.3, 0.4) is 0 Å². The molecule has 0 bridgehead atoms. The van der Waals surface area contributed by atoms with Crippen LogP contribution in [0.4, 0.5) is 5.82 Å². The van der Waals surface area contributed by atoms with E-state index in [1.165, 1.54) is 0 Å². The van der Waals surface area contributed by atoms with Crippen LogP contribution in [0, 0.1) is 6.92 Å². The van der Waals surface area contributed by atoms with Crippen LogP contribution in [0.15, 0.2) is 59.7 Å². The second-order valence-corrected chi connectivity index (χ2v) is 6.29. The van der Waals surface area contributed by atoms with E-state index in [-0.39, 0.29) is 5.92 Å². The van der Waals surface area contributed by atoms with E-state index in [0.29, 0.717) is 0 Å². The first-order valence-corrected chi connectivity index (χ1v) is 8.52. The van der Waals surface area contributed by atoms with Gasteiger partial charge in [0.25, 0.3) is 0 Å². The summed E-state index contributed by atoms with van der Waals surface area (Å²) in [7, 11) is 0. The van der Waals surface area contributed by atoms with Crippen LogP contribution in [-0.4, -0.2) is 26.5 Å². The molecule has 4 rings (SSSR count). The summed E-state index contributed by atoms with van der Waals surface area (Å²) in [5.41, 5.74) is 5.66. The van der Waals surface area contributed by atoms with Gasteiger partial charge in [-0.1, -0.05) is 6.92 Å². The van der Waals surface area contributed by atoms with Gasteiger partial charge in [-0.3, -0.25) is 9.97 Å². The van der Waals surface area contributed by atoms with Crippen LogP contribution in [0.5, 0.6) is 0 Å². The summed E-state index contributed by atoms with van der Waals surface area (Å²) in [6.45, 7) is 4.84. The van der Waals surface area contributed by atoms with E-state index in [9.17, 15) is 0 Å². The largest absolute Gasteiger partial charge is 0.462 e. The summed E-state index contributed by atoms with van der Waals surface area (Å²) in [5, 5.41) is 3.39. The lowest BCUT2D eigenvalue weighted by atomic mass is 10.0. The van der Waals surface area contributed by atoms with Crippen LogP contribution in [0.1, 0.15) is 24.1 Å². The number of furan rings is 1. The number of nitrogens with zero attached hydrogens (tertiary/aromatic N) is 4. The lowest BCUT2D eigenvalue weighted by Crippen LogP contribution is -2.11. The molecule has 0 aliphatic carbocycles. The Morgan fingerprint density at radius 1 is 1.08 bits per heavy atom. The van der Waals surface area contributed by atoms with Crippen molar-refractivity contribution in [3.05, 3.63) is 66.6 Å². The first-order valence-electron chi connectivity index (χ1n) is 8.52. The Balaban J connectivity index is 1.50. The highest BCUT2D eigenvalue weighted by Gasteiger charge is 2.13. The SMILES string of the molecule is Cc1ccc(-c2cc(NCC(C)c3ccnc4ccoc34)ncn2)cn1. The average molecular weight is 345 g/mol. The maximum atomic E-state index is 5.59. The second-order valence-electron chi connectivity index (χ2n) is 6.29. The quantitative estimate of drug-likeness (QED) is 0.584. The van der Waals surface area contributed by atoms with Crippen molar-refractivity contribution in [1.29, 1.82) is 0 Å². The number of anilines is 1. The summed E-state index contributed by atoms with van der Waals surface area (Å²) >= 11 is 0. The highest BCUT2D eigenvalue weighted by Crippen LogP contribution is 2.25. The minimum Gasteiger partial charge on any atom is -0.462 e. The van der Waals surface area contributed by atoms with E-state index in [2.05, 4.69) is 32.2 Å². The zero-order chi connectivity index (χ0) is 17.9. The highest BCUT2D eigenvalue weighted by molar-refractivity contribution is 5.76. The molecule has 4 heterocycles. The number of pyridine rings is 2. The van der Waals surface area contributed by atoms with Gasteiger partial charge in [-0.05, 0) is 25.1 Å². The van der Waals surface area contributed by atoms with Gasteiger partial charge in [0, 0.05) is 53.8 Å². The Morgan fingerprint density at radius 2 is 2.00 bits per heavy atom. The molecule has 0 radical (unpaired) electrons. The number of aromatic nitrogens is 4. The third-order valence-electron chi connectivity index (χ3n) is 4.37. The van der Waals surface area contributed by atoms with Gasteiger partial charge in [-0.25, -0.2) is 9.97 Å². The fourth-order valence-electron chi connectivity index (χ4n) is 2.88. The van der Waals surface area contributed by atoms with Gasteiger partial charge in [0.2, 0.25) is 0 Å². The fourth-order valence-corrected chi connectivity index (χ4v) is 2.88. The third kappa shape index (κ3) is 3.26. The van der Waals surface area contributed by atoms with Crippen molar-refractivity contribution in [2.24, 2.45) is 0 Å². The smallest absolute Gasteiger partial charge is 0.155 e. The normalized spacial score (nSPS) is 12.2. The van der Waals surface area contributed by atoms with Gasteiger partial charge >= 0.3 is 0 Å². The number of hydrogen-bond donors (Lipinski definition) is 1. The first kappa shape index (κ1) is 16.2. The number of hydrogen-bond acceptors (Lipinski definition) is 6. The molecule has 26 heavy (non-hydrogen) atoms. The van der Waals surface area contributed by atoms with Crippen molar-refractivity contribution >= 4 is 16.9 Å². The zero-order valence-electron chi connectivity index (χ0n) is 14.7. The summed E-state index contributed by atoms with van der Waals surface area (Å²) in [6, 6.07) is 9.81. The van der Waals surface area contributed by atoms with E-state index in [0.717, 1.165) is 46.0 Å². The number of fused-ring (bicyclic) bond motifs is 1. The molecule has 0 fully saturated rings. The van der Waals surface area contributed by atoms with Crippen molar-refractivity contribution < 1.29 is 4.42 Å². The van der Waals surface area contributed by atoms with Gasteiger partial charge in [0.1, 0.15) is 17.7 Å². The predicted octanol–water partition coefficient (Wildman–Crippen LogP) is 4.20. The minimum atomic E-state index is 0.242. The van der Waals surface area contributed by atoms with Crippen LogP contribution in [0.2, 0.25) is 0 Å². The fraction of sp³-hybridized carbons (Fsp3) is 0.200. The molecule has 1 unspecified atom stereocenters. The highest BCUT2D eigenvalue weighted by atomic mass is 16.3. The summed E-state index contributed by atoms with van der Waals surface area (Å²) in [6.07, 6.45) is 6.89. The number of nitrogens with one attached hydrogen (secondary N) is 1. The molecule has 0 aliphatic rings. The lowest BCUT2D eigenvalue weighted by molar-refractivity contribution is 0.605. The molecule has 1 N–H and O–H groups in total. The molecule has 1 atom stereocenters. The van der Waals surface area contributed by atoms with Crippen LogP contribution in [-0.2, 0) is 0 Å². The van der Waals surface area contributed by atoms with Gasteiger partial charge in [0.05, 0.1) is 12.0 Å². The van der Waals surface area contributed by atoms with Crippen LogP contribution < -0.4 is 5.32 Å². The summed E-state index contributed by atoms with van der Waals surface area (Å²) in [5.74, 6) is 1.03. The molecule has 6 heteroatoms. The average Bonchev–Trinajstić information content (AvgIpc) is 3.16. The molecular weight excluding hydrogens is 326 g/mol. The molecule has 0 amide bonds. The van der Waals surface area contributed by atoms with E-state index in [1.54, 1.807) is 12.6 Å². The van der Waals surface area contributed by atoms with Crippen molar-refractivity contribution in [1.82, 2.24) is 19.9 Å². The number of rotatable bonds is 5. The first-order chi connectivity index (χ1) is 12.7. The van der Waals surface area contributed by atoms with Crippen LogP contribution >= 0.6 is 0 Å². The van der Waals surface area contributed by atoms with Gasteiger partial charge in [-0.15, -0.1) is 0 Å². The van der Waals surface area contributed by atoms with Gasteiger partial charge in [0.15, 0.2) is 5.58 Å². The van der Waals surface area contributed by atoms with E-state index in [4.69, 9.17) is 4.42 Å². The lowest BCUT2D eigenvalue weighted by Gasteiger charge is -2.14. The Morgan fingerprint density at radius 3 is 2.85 bits per heavy atom. The monoisotopic (exact) mass is 345 g/mol. The molecule has 0 aromatic carbocycles. The predicted molar refractivity (Wildman–Crippen MR) is 101 cm³/mol. The molecule has 0 aliphatic heterocycles. The molecule has 4 aromatic heterocycles.